The van der Waals surface area contributed by atoms with Crippen molar-refractivity contribution in [2.24, 2.45) is 4.99 Å². The van der Waals surface area contributed by atoms with E-state index in [-0.39, 0.29) is 17.3 Å². The molecule has 2 aliphatic rings. The van der Waals surface area contributed by atoms with Gasteiger partial charge in [0.1, 0.15) is 0 Å². The molecule has 1 aromatic heterocycles. The van der Waals surface area contributed by atoms with Crippen molar-refractivity contribution in [3.8, 4) is 11.5 Å². The fraction of sp³-hybridized carbons (Fsp3) is 0.179. The number of fused-ring (bicyclic) bond motifs is 2. The molecule has 1 fully saturated rings. The van der Waals surface area contributed by atoms with Gasteiger partial charge in [-0.1, -0.05) is 78.1 Å². The van der Waals surface area contributed by atoms with E-state index in [9.17, 15) is 14.7 Å². The van der Waals surface area contributed by atoms with Crippen LogP contribution in [-0.4, -0.2) is 46.8 Å². The summed E-state index contributed by atoms with van der Waals surface area (Å²) >= 11 is 1.21. The van der Waals surface area contributed by atoms with E-state index in [0.717, 1.165) is 11.1 Å². The zero-order chi connectivity index (χ0) is 26.7. The molecule has 2 unspecified atom stereocenters. The van der Waals surface area contributed by atoms with Gasteiger partial charge in [0.05, 0.1) is 11.6 Å². The van der Waals surface area contributed by atoms with Crippen molar-refractivity contribution in [1.82, 2.24) is 14.5 Å². The highest BCUT2D eigenvalue weighted by Gasteiger charge is 2.69. The Morgan fingerprint density at radius 3 is 2.24 bits per heavy atom. The number of nitrogens with zero attached hydrogens (tertiary/aromatic N) is 4. The number of carbonyl (C=O) groups excluding carboxylic acids is 1. The minimum Gasteiger partial charge on any atom is -0.504 e. The van der Waals surface area contributed by atoms with Gasteiger partial charge < -0.3 is 9.84 Å². The number of likely N-dealkylation sites (N-methyl/N-ethyl adjacent to an activating group) is 2. The number of ether oxygens (including phenoxy) is 1. The van der Waals surface area contributed by atoms with Gasteiger partial charge in [0.25, 0.3) is 5.56 Å². The van der Waals surface area contributed by atoms with Crippen molar-refractivity contribution in [3.05, 3.63) is 115 Å². The van der Waals surface area contributed by atoms with Crippen LogP contribution in [0.3, 0.4) is 0 Å². The van der Waals surface area contributed by atoms with Crippen molar-refractivity contribution in [3.63, 3.8) is 0 Å². The van der Waals surface area contributed by atoms with Crippen LogP contribution in [0.5, 0.6) is 11.5 Å². The summed E-state index contributed by atoms with van der Waals surface area (Å²) < 4.78 is 6.96. The van der Waals surface area contributed by atoms with Crippen LogP contribution in [0.4, 0.5) is 4.79 Å². The van der Waals surface area contributed by atoms with Crippen LogP contribution in [0.1, 0.15) is 16.7 Å². The Morgan fingerprint density at radius 1 is 0.947 bits per heavy atom. The fourth-order valence-corrected chi connectivity index (χ4v) is 6.43. The minimum absolute atomic E-state index is 0.0205. The molecule has 3 heterocycles. The quantitative estimate of drug-likeness (QED) is 0.425. The minimum atomic E-state index is -1.23. The molecule has 0 bridgehead atoms. The number of aromatic nitrogens is 1. The molecule has 2 N–H and O–H groups in total. The number of rotatable bonds is 4. The largest absolute Gasteiger partial charge is 0.504 e. The third kappa shape index (κ3) is 3.07. The number of methoxy groups -OCH3 is 1. The van der Waals surface area contributed by atoms with Gasteiger partial charge in [-0.05, 0) is 23.8 Å². The lowest BCUT2D eigenvalue weighted by atomic mass is 9.80. The van der Waals surface area contributed by atoms with E-state index >= 15 is 0 Å². The molecule has 2 aliphatic heterocycles. The summed E-state index contributed by atoms with van der Waals surface area (Å²) in [4.78, 5) is 36.2. The van der Waals surface area contributed by atoms with Crippen LogP contribution in [0, 0.1) is 0 Å². The van der Waals surface area contributed by atoms with E-state index in [1.807, 2.05) is 60.7 Å². The summed E-state index contributed by atoms with van der Waals surface area (Å²) in [5, 5.41) is 10.2. The SMILES string of the molecule is COc1ccc(/C=c2/sc3n(c2=O)NC2(c4ccccc4)N(C)C(=O)N(C)C2(c2ccccc2)N=3)cc1O. The monoisotopic (exact) mass is 527 g/mol. The summed E-state index contributed by atoms with van der Waals surface area (Å²) in [7, 11) is 4.93. The average Bonchev–Trinajstić information content (AvgIpc) is 3.33. The Labute approximate surface area is 222 Å². The van der Waals surface area contributed by atoms with Gasteiger partial charge in [0.2, 0.25) is 16.1 Å². The molecule has 2 atom stereocenters. The summed E-state index contributed by atoms with van der Waals surface area (Å²) in [6.07, 6.45) is 1.70. The lowest BCUT2D eigenvalue weighted by Gasteiger charge is -2.49. The Hall–Kier alpha value is -4.57. The molecule has 0 spiro atoms. The molecule has 4 aromatic rings. The molecular weight excluding hydrogens is 502 g/mol. The Kier molecular flexibility index (Phi) is 5.32. The van der Waals surface area contributed by atoms with E-state index in [4.69, 9.17) is 9.73 Å². The number of thiazole rings is 1. The van der Waals surface area contributed by atoms with Crippen molar-refractivity contribution >= 4 is 23.4 Å². The first kappa shape index (κ1) is 23.8. The van der Waals surface area contributed by atoms with Gasteiger partial charge in [0, 0.05) is 25.2 Å². The van der Waals surface area contributed by atoms with Crippen LogP contribution in [0.15, 0.2) is 88.6 Å². The molecule has 2 amide bonds. The van der Waals surface area contributed by atoms with Gasteiger partial charge >= 0.3 is 6.03 Å². The van der Waals surface area contributed by atoms with E-state index in [1.165, 1.54) is 29.2 Å². The van der Waals surface area contributed by atoms with Crippen LogP contribution in [0.25, 0.3) is 6.08 Å². The predicted octanol–water partition coefficient (Wildman–Crippen LogP) is 2.33. The van der Waals surface area contributed by atoms with Crippen LogP contribution >= 0.6 is 11.3 Å². The summed E-state index contributed by atoms with van der Waals surface area (Å²) in [5.41, 5.74) is 2.91. The van der Waals surface area contributed by atoms with Crippen LogP contribution in [0.2, 0.25) is 0 Å². The standard InChI is InChI=1S/C28H25N5O4S/c1-31-26(36)32(2)28(20-12-8-5-9-13-20)27(31,19-10-6-4-7-11-19)29-25-33(30-28)24(35)23(38-25)17-18-14-15-22(37-3)21(34)16-18/h4-17,30,34H,1-3H3/b23-17+. The molecule has 192 valence electrons. The molecular formula is C28H25N5O4S. The molecule has 0 saturated carbocycles. The van der Waals surface area contributed by atoms with E-state index in [0.29, 0.717) is 20.6 Å². The predicted molar refractivity (Wildman–Crippen MR) is 144 cm³/mol. The van der Waals surface area contributed by atoms with E-state index in [1.54, 1.807) is 42.1 Å². The molecule has 38 heavy (non-hydrogen) atoms. The highest BCUT2D eigenvalue weighted by molar-refractivity contribution is 7.07. The number of carbonyl (C=O) groups is 1. The second kappa shape index (κ2) is 8.49. The van der Waals surface area contributed by atoms with Crippen molar-refractivity contribution in [1.29, 1.82) is 0 Å². The second-order valence-electron chi connectivity index (χ2n) is 9.20. The zero-order valence-electron chi connectivity index (χ0n) is 21.0. The summed E-state index contributed by atoms with van der Waals surface area (Å²) in [5.74, 6) is 0.326. The maximum Gasteiger partial charge on any atom is 0.324 e. The molecule has 10 heteroatoms. The number of hydrogen-bond acceptors (Lipinski definition) is 7. The molecule has 3 aromatic carbocycles. The highest BCUT2D eigenvalue weighted by Crippen LogP contribution is 2.53. The number of hydrogen-bond donors (Lipinski definition) is 2. The number of amides is 2. The third-order valence-corrected chi connectivity index (χ3v) is 8.24. The summed E-state index contributed by atoms with van der Waals surface area (Å²) in [6.45, 7) is 0. The maximum atomic E-state index is 13.7. The number of aromatic hydroxyl groups is 1. The number of urea groups is 1. The highest BCUT2D eigenvalue weighted by atomic mass is 32.1. The molecule has 0 aliphatic carbocycles. The first-order valence-electron chi connectivity index (χ1n) is 11.9. The maximum absolute atomic E-state index is 13.7. The summed E-state index contributed by atoms with van der Waals surface area (Å²) in [6, 6.07) is 23.9. The third-order valence-electron chi connectivity index (χ3n) is 7.27. The van der Waals surface area contributed by atoms with Gasteiger partial charge in [-0.3, -0.25) is 20.0 Å². The van der Waals surface area contributed by atoms with Crippen LogP contribution in [-0.2, 0) is 11.3 Å². The average molecular weight is 528 g/mol. The lowest BCUT2D eigenvalue weighted by Crippen LogP contribution is -2.67. The smallest absolute Gasteiger partial charge is 0.324 e. The normalized spacial score (nSPS) is 22.5. The molecule has 9 nitrogen and oxygen atoms in total. The van der Waals surface area contributed by atoms with Gasteiger partial charge in [0.15, 0.2) is 11.5 Å². The Morgan fingerprint density at radius 2 is 1.61 bits per heavy atom. The molecule has 0 radical (unpaired) electrons. The first-order chi connectivity index (χ1) is 18.3. The van der Waals surface area contributed by atoms with E-state index < -0.39 is 11.3 Å². The van der Waals surface area contributed by atoms with Crippen molar-refractivity contribution < 1.29 is 14.6 Å². The number of phenolic OH excluding ortho intramolecular Hbond substituents is 1. The van der Waals surface area contributed by atoms with Gasteiger partial charge in [-0.25, -0.2) is 9.79 Å². The Balaban J connectivity index is 1.66. The lowest BCUT2D eigenvalue weighted by molar-refractivity contribution is 0.0648. The number of phenols is 1. The zero-order valence-corrected chi connectivity index (χ0v) is 21.8. The topological polar surface area (TPSA) is 99.4 Å². The van der Waals surface area contributed by atoms with Gasteiger partial charge in [-0.2, -0.15) is 4.68 Å². The first-order valence-corrected chi connectivity index (χ1v) is 12.8. The fourth-order valence-electron chi connectivity index (χ4n) is 5.46. The second-order valence-corrected chi connectivity index (χ2v) is 10.2. The van der Waals surface area contributed by atoms with Crippen molar-refractivity contribution in [2.45, 2.75) is 11.3 Å². The number of nitrogens with one attached hydrogen (secondary N) is 1. The molecule has 1 saturated heterocycles. The van der Waals surface area contributed by atoms with Crippen molar-refractivity contribution in [2.75, 3.05) is 26.6 Å². The Bertz CT molecular complexity index is 1740. The molecule has 6 rings (SSSR count). The number of benzene rings is 3. The van der Waals surface area contributed by atoms with Gasteiger partial charge in [-0.15, -0.1) is 0 Å². The van der Waals surface area contributed by atoms with E-state index in [2.05, 4.69) is 5.43 Å². The van der Waals surface area contributed by atoms with Crippen LogP contribution < -0.4 is 25.1 Å².